The van der Waals surface area contributed by atoms with Crippen LogP contribution in [0.25, 0.3) is 11.3 Å². The van der Waals surface area contributed by atoms with Gasteiger partial charge in [-0.15, -0.1) is 0 Å². The van der Waals surface area contributed by atoms with Crippen molar-refractivity contribution in [1.82, 2.24) is 9.80 Å². The lowest BCUT2D eigenvalue weighted by Gasteiger charge is -2.43. The summed E-state index contributed by atoms with van der Waals surface area (Å²) in [5, 5.41) is 3.57. The second-order valence-corrected chi connectivity index (χ2v) is 7.18. The molecule has 7 heteroatoms. The van der Waals surface area contributed by atoms with Crippen LogP contribution in [0.4, 0.5) is 10.5 Å². The smallest absolute Gasteiger partial charge is 0.321 e. The Morgan fingerprint density at radius 1 is 1.23 bits per heavy atom. The summed E-state index contributed by atoms with van der Waals surface area (Å²) in [5.41, 5.74) is 1.47. The molecule has 2 aliphatic heterocycles. The van der Waals surface area contributed by atoms with E-state index in [-0.39, 0.29) is 12.1 Å². The Bertz CT molecular complexity index is 807. The second-order valence-electron chi connectivity index (χ2n) is 6.74. The predicted molar refractivity (Wildman–Crippen MR) is 101 cm³/mol. The highest BCUT2D eigenvalue weighted by Gasteiger charge is 2.31. The Kier molecular flexibility index (Phi) is 4.89. The quantitative estimate of drug-likeness (QED) is 0.873. The number of urea groups is 1. The third kappa shape index (κ3) is 3.58. The van der Waals surface area contributed by atoms with Crippen LogP contribution in [0.2, 0.25) is 5.02 Å². The molecule has 4 rings (SSSR count). The van der Waals surface area contributed by atoms with Crippen LogP contribution >= 0.6 is 11.6 Å². The number of hydrogen-bond acceptors (Lipinski definition) is 4. The van der Waals surface area contributed by atoms with E-state index in [1.807, 2.05) is 30.0 Å². The van der Waals surface area contributed by atoms with E-state index in [4.69, 9.17) is 20.8 Å². The van der Waals surface area contributed by atoms with Crippen molar-refractivity contribution in [2.24, 2.45) is 0 Å². The molecule has 2 aliphatic rings. The normalized spacial score (nSPS) is 20.7. The Morgan fingerprint density at radius 2 is 2.12 bits per heavy atom. The van der Waals surface area contributed by atoms with E-state index >= 15 is 0 Å². The van der Waals surface area contributed by atoms with Crippen LogP contribution in [-0.4, -0.2) is 61.3 Å². The molecule has 0 radical (unpaired) electrons. The molecule has 1 unspecified atom stereocenters. The fourth-order valence-electron chi connectivity index (χ4n) is 3.54. The van der Waals surface area contributed by atoms with Gasteiger partial charge in [-0.2, -0.15) is 0 Å². The monoisotopic (exact) mass is 375 g/mol. The van der Waals surface area contributed by atoms with E-state index in [9.17, 15) is 4.79 Å². The zero-order valence-corrected chi connectivity index (χ0v) is 15.5. The summed E-state index contributed by atoms with van der Waals surface area (Å²) in [7, 11) is 0. The van der Waals surface area contributed by atoms with Crippen molar-refractivity contribution in [2.45, 2.75) is 13.0 Å². The van der Waals surface area contributed by atoms with Gasteiger partial charge in [-0.1, -0.05) is 11.6 Å². The number of carbonyl (C=O) groups is 1. The van der Waals surface area contributed by atoms with Crippen LogP contribution in [0.5, 0.6) is 0 Å². The first-order chi connectivity index (χ1) is 12.6. The molecule has 2 aromatic rings. The maximum atomic E-state index is 12.8. The first-order valence-corrected chi connectivity index (χ1v) is 9.22. The topological polar surface area (TPSA) is 58.0 Å². The highest BCUT2D eigenvalue weighted by Crippen LogP contribution is 2.32. The number of amides is 2. The number of ether oxygens (including phenoxy) is 1. The first-order valence-electron chi connectivity index (χ1n) is 8.84. The van der Waals surface area contributed by atoms with E-state index in [0.717, 1.165) is 31.0 Å². The van der Waals surface area contributed by atoms with Gasteiger partial charge in [-0.25, -0.2) is 4.79 Å². The molecule has 0 aliphatic carbocycles. The summed E-state index contributed by atoms with van der Waals surface area (Å²) < 4.78 is 11.3. The lowest BCUT2D eigenvalue weighted by atomic mass is 10.1. The average Bonchev–Trinajstić information content (AvgIpc) is 3.07. The van der Waals surface area contributed by atoms with Crippen molar-refractivity contribution in [2.75, 3.05) is 44.7 Å². The van der Waals surface area contributed by atoms with Crippen LogP contribution in [-0.2, 0) is 4.74 Å². The number of hydrogen-bond donors (Lipinski definition) is 1. The SMILES string of the molecule is Cc1ccc(-c2ccc(Cl)cc2NC(=O)N2CCN3CCOCC3C2)o1. The van der Waals surface area contributed by atoms with Gasteiger partial charge < -0.3 is 19.4 Å². The third-order valence-corrected chi connectivity index (χ3v) is 5.19. The number of furan rings is 1. The van der Waals surface area contributed by atoms with Gasteiger partial charge in [-0.05, 0) is 37.3 Å². The number of morpholine rings is 1. The van der Waals surface area contributed by atoms with Crippen molar-refractivity contribution < 1.29 is 13.9 Å². The Morgan fingerprint density at radius 3 is 2.92 bits per heavy atom. The molecule has 2 saturated heterocycles. The number of nitrogens with zero attached hydrogens (tertiary/aromatic N) is 2. The molecular formula is C19H22ClN3O3. The molecule has 3 heterocycles. The first kappa shape index (κ1) is 17.4. The molecule has 2 amide bonds. The van der Waals surface area contributed by atoms with Crippen molar-refractivity contribution in [1.29, 1.82) is 0 Å². The van der Waals surface area contributed by atoms with Crippen LogP contribution in [0, 0.1) is 6.92 Å². The number of nitrogens with one attached hydrogen (secondary N) is 1. The largest absolute Gasteiger partial charge is 0.461 e. The molecule has 6 nitrogen and oxygen atoms in total. The van der Waals surface area contributed by atoms with Crippen LogP contribution < -0.4 is 5.32 Å². The van der Waals surface area contributed by atoms with Crippen molar-refractivity contribution in [3.63, 3.8) is 0 Å². The lowest BCUT2D eigenvalue weighted by Crippen LogP contribution is -2.59. The van der Waals surface area contributed by atoms with Gasteiger partial charge in [0.25, 0.3) is 0 Å². The fraction of sp³-hybridized carbons (Fsp3) is 0.421. The van der Waals surface area contributed by atoms with Crippen LogP contribution in [0.3, 0.4) is 0 Å². The van der Waals surface area contributed by atoms with E-state index in [2.05, 4.69) is 10.2 Å². The van der Waals surface area contributed by atoms with Gasteiger partial charge in [0.1, 0.15) is 11.5 Å². The fourth-order valence-corrected chi connectivity index (χ4v) is 3.71. The number of piperazine rings is 1. The van der Waals surface area contributed by atoms with Crippen molar-refractivity contribution >= 4 is 23.3 Å². The van der Waals surface area contributed by atoms with E-state index in [1.54, 1.807) is 12.1 Å². The molecule has 1 aromatic carbocycles. The molecule has 0 bridgehead atoms. The summed E-state index contributed by atoms with van der Waals surface area (Å²) in [6.07, 6.45) is 0. The Hall–Kier alpha value is -2.02. The van der Waals surface area contributed by atoms with E-state index < -0.39 is 0 Å². The number of benzene rings is 1. The summed E-state index contributed by atoms with van der Waals surface area (Å²) >= 11 is 6.15. The minimum atomic E-state index is -0.123. The number of carbonyl (C=O) groups excluding carboxylic acids is 1. The van der Waals surface area contributed by atoms with Gasteiger partial charge in [0.2, 0.25) is 0 Å². The minimum Gasteiger partial charge on any atom is -0.461 e. The zero-order valence-electron chi connectivity index (χ0n) is 14.7. The van der Waals surface area contributed by atoms with Crippen molar-refractivity contribution in [3.8, 4) is 11.3 Å². The zero-order chi connectivity index (χ0) is 18.1. The number of fused-ring (bicyclic) bond motifs is 1. The summed E-state index contributed by atoms with van der Waals surface area (Å²) in [6.45, 7) is 6.54. The molecule has 2 fully saturated rings. The van der Waals surface area contributed by atoms with Gasteiger partial charge in [-0.3, -0.25) is 4.90 Å². The standard InChI is InChI=1S/C19H22ClN3O3/c1-13-2-5-18(26-13)16-4-3-14(20)10-17(16)21-19(24)23-7-6-22-8-9-25-12-15(22)11-23/h2-5,10,15H,6-9,11-12H2,1H3,(H,21,24). The van der Waals surface area contributed by atoms with Crippen LogP contribution in [0.1, 0.15) is 5.76 Å². The number of halogens is 1. The number of rotatable bonds is 2. The molecular weight excluding hydrogens is 354 g/mol. The summed E-state index contributed by atoms with van der Waals surface area (Å²) in [4.78, 5) is 17.1. The number of anilines is 1. The summed E-state index contributed by atoms with van der Waals surface area (Å²) in [6, 6.07) is 9.36. The second kappa shape index (κ2) is 7.31. The highest BCUT2D eigenvalue weighted by atomic mass is 35.5. The van der Waals surface area contributed by atoms with Gasteiger partial charge in [0.15, 0.2) is 0 Å². The highest BCUT2D eigenvalue weighted by molar-refractivity contribution is 6.31. The molecule has 1 N–H and O–H groups in total. The molecule has 1 atom stereocenters. The summed E-state index contributed by atoms with van der Waals surface area (Å²) in [5.74, 6) is 1.53. The van der Waals surface area contributed by atoms with Crippen LogP contribution in [0.15, 0.2) is 34.7 Å². The molecule has 1 aromatic heterocycles. The number of aryl methyl sites for hydroxylation is 1. The molecule has 0 saturated carbocycles. The Labute approximate surface area is 157 Å². The maximum Gasteiger partial charge on any atom is 0.321 e. The van der Waals surface area contributed by atoms with Gasteiger partial charge >= 0.3 is 6.03 Å². The van der Waals surface area contributed by atoms with E-state index in [1.165, 1.54) is 0 Å². The predicted octanol–water partition coefficient (Wildman–Crippen LogP) is 3.46. The van der Waals surface area contributed by atoms with E-state index in [0.29, 0.717) is 36.2 Å². The van der Waals surface area contributed by atoms with Gasteiger partial charge in [0.05, 0.1) is 24.9 Å². The maximum absolute atomic E-state index is 12.8. The molecule has 0 spiro atoms. The lowest BCUT2D eigenvalue weighted by molar-refractivity contribution is -0.0355. The molecule has 26 heavy (non-hydrogen) atoms. The molecule has 138 valence electrons. The van der Waals surface area contributed by atoms with Crippen molar-refractivity contribution in [3.05, 3.63) is 41.1 Å². The average molecular weight is 376 g/mol. The minimum absolute atomic E-state index is 0.123. The van der Waals surface area contributed by atoms with Gasteiger partial charge in [0, 0.05) is 36.8 Å². The Balaban J connectivity index is 1.51. The third-order valence-electron chi connectivity index (χ3n) is 4.95.